The van der Waals surface area contributed by atoms with E-state index in [0.29, 0.717) is 37.5 Å². The number of rotatable bonds is 9. The topological polar surface area (TPSA) is 48.0 Å². The molecule has 0 heterocycles. The van der Waals surface area contributed by atoms with E-state index in [1.807, 2.05) is 55.6 Å². The average Bonchev–Trinajstić information content (AvgIpc) is 2.76. The van der Waals surface area contributed by atoms with E-state index in [2.05, 4.69) is 12.1 Å². The molecule has 0 saturated heterocycles. The van der Waals surface area contributed by atoms with Crippen molar-refractivity contribution >= 4 is 16.7 Å². The van der Waals surface area contributed by atoms with Crippen molar-refractivity contribution in [3.8, 4) is 17.2 Å². The SMILES string of the molecule is COc1ccc(CN(C)C(=O)CCCOc2cccc3ccccc23)cc1OC. The summed E-state index contributed by atoms with van der Waals surface area (Å²) in [5.74, 6) is 2.28. The fourth-order valence-electron chi connectivity index (χ4n) is 3.26. The molecule has 1 amide bonds. The number of carbonyl (C=O) groups is 1. The number of fused-ring (bicyclic) bond motifs is 1. The fraction of sp³-hybridized carbons (Fsp3) is 0.292. The van der Waals surface area contributed by atoms with Gasteiger partial charge in [-0.25, -0.2) is 0 Å². The quantitative estimate of drug-likeness (QED) is 0.496. The summed E-state index contributed by atoms with van der Waals surface area (Å²) in [6.45, 7) is 1.02. The van der Waals surface area contributed by atoms with E-state index in [4.69, 9.17) is 14.2 Å². The minimum atomic E-state index is 0.0845. The molecule has 0 spiro atoms. The average molecular weight is 393 g/mol. The summed E-state index contributed by atoms with van der Waals surface area (Å²) in [6, 6.07) is 19.8. The molecule has 0 bridgehead atoms. The molecule has 3 rings (SSSR count). The van der Waals surface area contributed by atoms with Crippen molar-refractivity contribution in [3.05, 3.63) is 66.2 Å². The highest BCUT2D eigenvalue weighted by molar-refractivity contribution is 5.88. The van der Waals surface area contributed by atoms with Crippen LogP contribution in [0.1, 0.15) is 18.4 Å². The van der Waals surface area contributed by atoms with Gasteiger partial charge in [-0.15, -0.1) is 0 Å². The van der Waals surface area contributed by atoms with Crippen LogP contribution in [0.2, 0.25) is 0 Å². The van der Waals surface area contributed by atoms with Crippen molar-refractivity contribution < 1.29 is 19.0 Å². The summed E-state index contributed by atoms with van der Waals surface area (Å²) in [5.41, 5.74) is 0.991. The molecule has 0 N–H and O–H groups in total. The molecule has 152 valence electrons. The van der Waals surface area contributed by atoms with Gasteiger partial charge in [-0.2, -0.15) is 0 Å². The summed E-state index contributed by atoms with van der Waals surface area (Å²) in [6.07, 6.45) is 1.10. The minimum Gasteiger partial charge on any atom is -0.493 e. The highest BCUT2D eigenvalue weighted by Gasteiger charge is 2.11. The molecular weight excluding hydrogens is 366 g/mol. The maximum absolute atomic E-state index is 12.5. The summed E-state index contributed by atoms with van der Waals surface area (Å²) in [7, 11) is 5.02. The second-order valence-electron chi connectivity index (χ2n) is 6.87. The van der Waals surface area contributed by atoms with Crippen LogP contribution in [0.4, 0.5) is 0 Å². The Morgan fingerprint density at radius 3 is 2.45 bits per heavy atom. The van der Waals surface area contributed by atoms with Gasteiger partial charge in [-0.3, -0.25) is 4.79 Å². The lowest BCUT2D eigenvalue weighted by Gasteiger charge is -2.18. The molecule has 3 aromatic rings. The molecule has 5 heteroatoms. The largest absolute Gasteiger partial charge is 0.493 e. The first-order valence-corrected chi connectivity index (χ1v) is 9.68. The van der Waals surface area contributed by atoms with Gasteiger partial charge in [0.25, 0.3) is 0 Å². The number of ether oxygens (including phenoxy) is 3. The van der Waals surface area contributed by atoms with Crippen LogP contribution < -0.4 is 14.2 Å². The van der Waals surface area contributed by atoms with Gasteiger partial charge in [0, 0.05) is 25.4 Å². The standard InChI is InChI=1S/C24H27NO4/c1-25(17-18-13-14-22(27-2)23(16-18)28-3)24(26)12-7-15-29-21-11-6-9-19-8-4-5-10-20(19)21/h4-6,8-11,13-14,16H,7,12,15,17H2,1-3H3. The Kier molecular flexibility index (Phi) is 6.95. The van der Waals surface area contributed by atoms with Gasteiger partial charge in [0.15, 0.2) is 11.5 Å². The number of amides is 1. The molecule has 0 saturated carbocycles. The third-order valence-corrected chi connectivity index (χ3v) is 4.84. The Bertz CT molecular complexity index is 965. The van der Waals surface area contributed by atoms with Gasteiger partial charge in [0.1, 0.15) is 5.75 Å². The van der Waals surface area contributed by atoms with Crippen molar-refractivity contribution in [2.24, 2.45) is 0 Å². The molecule has 5 nitrogen and oxygen atoms in total. The molecule has 29 heavy (non-hydrogen) atoms. The van der Waals surface area contributed by atoms with E-state index in [0.717, 1.165) is 22.1 Å². The zero-order valence-electron chi connectivity index (χ0n) is 17.2. The van der Waals surface area contributed by atoms with Gasteiger partial charge >= 0.3 is 0 Å². The monoisotopic (exact) mass is 393 g/mol. The molecule has 3 aromatic carbocycles. The van der Waals surface area contributed by atoms with E-state index >= 15 is 0 Å². The van der Waals surface area contributed by atoms with E-state index in [1.54, 1.807) is 19.1 Å². The van der Waals surface area contributed by atoms with Crippen molar-refractivity contribution in [2.45, 2.75) is 19.4 Å². The summed E-state index contributed by atoms with van der Waals surface area (Å²) in [5, 5.41) is 2.24. The molecule has 0 fully saturated rings. The van der Waals surface area contributed by atoms with Crippen molar-refractivity contribution in [1.29, 1.82) is 0 Å². The Morgan fingerprint density at radius 1 is 0.897 bits per heavy atom. The van der Waals surface area contributed by atoms with Gasteiger partial charge < -0.3 is 19.1 Å². The summed E-state index contributed by atoms with van der Waals surface area (Å²) >= 11 is 0. The van der Waals surface area contributed by atoms with Crippen LogP contribution in [0.3, 0.4) is 0 Å². The lowest BCUT2D eigenvalue weighted by molar-refractivity contribution is -0.130. The fourth-order valence-corrected chi connectivity index (χ4v) is 3.26. The first-order chi connectivity index (χ1) is 14.1. The number of methoxy groups -OCH3 is 2. The zero-order chi connectivity index (χ0) is 20.6. The third kappa shape index (κ3) is 5.19. The highest BCUT2D eigenvalue weighted by Crippen LogP contribution is 2.28. The second kappa shape index (κ2) is 9.82. The van der Waals surface area contributed by atoms with Crippen LogP contribution in [0.15, 0.2) is 60.7 Å². The third-order valence-electron chi connectivity index (χ3n) is 4.84. The number of hydrogen-bond acceptors (Lipinski definition) is 4. The Balaban J connectivity index is 1.49. The molecular formula is C24H27NO4. The molecule has 0 atom stereocenters. The number of carbonyl (C=O) groups excluding carboxylic acids is 1. The minimum absolute atomic E-state index is 0.0845. The molecule has 0 radical (unpaired) electrons. The van der Waals surface area contributed by atoms with Crippen LogP contribution in [0, 0.1) is 0 Å². The molecule has 0 aliphatic rings. The van der Waals surface area contributed by atoms with Crippen LogP contribution in [0.25, 0.3) is 10.8 Å². The van der Waals surface area contributed by atoms with Gasteiger partial charge in [0.05, 0.1) is 20.8 Å². The second-order valence-corrected chi connectivity index (χ2v) is 6.87. The maximum atomic E-state index is 12.5. The van der Waals surface area contributed by atoms with E-state index in [9.17, 15) is 4.79 Å². The van der Waals surface area contributed by atoms with Gasteiger partial charge in [-0.1, -0.05) is 42.5 Å². The highest BCUT2D eigenvalue weighted by atomic mass is 16.5. The number of nitrogens with zero attached hydrogens (tertiary/aromatic N) is 1. The summed E-state index contributed by atoms with van der Waals surface area (Å²) in [4.78, 5) is 14.2. The van der Waals surface area contributed by atoms with Crippen LogP contribution in [-0.4, -0.2) is 38.7 Å². The smallest absolute Gasteiger partial charge is 0.222 e. The van der Waals surface area contributed by atoms with Gasteiger partial charge in [-0.05, 0) is 35.6 Å². The first kappa shape index (κ1) is 20.5. The molecule has 0 aliphatic heterocycles. The summed E-state index contributed by atoms with van der Waals surface area (Å²) < 4.78 is 16.5. The van der Waals surface area contributed by atoms with Crippen molar-refractivity contribution in [3.63, 3.8) is 0 Å². The van der Waals surface area contributed by atoms with Gasteiger partial charge in [0.2, 0.25) is 5.91 Å². The zero-order valence-corrected chi connectivity index (χ0v) is 17.2. The van der Waals surface area contributed by atoms with Crippen LogP contribution >= 0.6 is 0 Å². The Hall–Kier alpha value is -3.21. The Labute approximate surface area is 171 Å². The van der Waals surface area contributed by atoms with Crippen LogP contribution in [0.5, 0.6) is 17.2 Å². The number of hydrogen-bond donors (Lipinski definition) is 0. The van der Waals surface area contributed by atoms with E-state index in [-0.39, 0.29) is 5.91 Å². The normalized spacial score (nSPS) is 10.6. The van der Waals surface area contributed by atoms with Crippen molar-refractivity contribution in [2.75, 3.05) is 27.9 Å². The first-order valence-electron chi connectivity index (χ1n) is 9.68. The van der Waals surface area contributed by atoms with Crippen molar-refractivity contribution in [1.82, 2.24) is 4.90 Å². The predicted molar refractivity (Wildman–Crippen MR) is 115 cm³/mol. The van der Waals surface area contributed by atoms with Crippen LogP contribution in [-0.2, 0) is 11.3 Å². The number of benzene rings is 3. The maximum Gasteiger partial charge on any atom is 0.222 e. The molecule has 0 aromatic heterocycles. The lowest BCUT2D eigenvalue weighted by atomic mass is 10.1. The molecule has 0 aliphatic carbocycles. The molecule has 0 unspecified atom stereocenters. The predicted octanol–water partition coefficient (Wildman–Crippen LogP) is 4.67. The van der Waals surface area contributed by atoms with E-state index in [1.165, 1.54) is 0 Å². The Morgan fingerprint density at radius 2 is 1.66 bits per heavy atom. The lowest BCUT2D eigenvalue weighted by Crippen LogP contribution is -2.26. The van der Waals surface area contributed by atoms with E-state index < -0.39 is 0 Å².